The molecule has 6 nitrogen and oxygen atoms in total. The van der Waals surface area contributed by atoms with Crippen LogP contribution in [0.15, 0.2) is 24.3 Å². The molecular formula is C11H17N3O3S2. The van der Waals surface area contributed by atoms with E-state index in [0.29, 0.717) is 17.2 Å². The minimum atomic E-state index is -3.75. The molecule has 0 amide bonds. The highest BCUT2D eigenvalue weighted by Crippen LogP contribution is 2.20. The van der Waals surface area contributed by atoms with Crippen LogP contribution < -0.4 is 15.2 Å². The molecule has 0 unspecified atom stereocenters. The first kappa shape index (κ1) is 14.3. The molecule has 0 aromatic heterocycles. The van der Waals surface area contributed by atoms with Crippen molar-refractivity contribution in [2.75, 3.05) is 21.5 Å². The van der Waals surface area contributed by atoms with Gasteiger partial charge in [-0.1, -0.05) is 6.07 Å². The van der Waals surface area contributed by atoms with Crippen molar-refractivity contribution in [1.29, 1.82) is 0 Å². The quantitative estimate of drug-likeness (QED) is 0.759. The SMILES string of the molecule is NS(=O)(=O)Nc1cccc(NC2CCS(=O)CC2)c1. The van der Waals surface area contributed by atoms with Crippen molar-refractivity contribution in [1.82, 2.24) is 0 Å². The Bertz CT molecular complexity index is 564. The fourth-order valence-electron chi connectivity index (χ4n) is 2.01. The van der Waals surface area contributed by atoms with Crippen LogP contribution in [0.1, 0.15) is 12.8 Å². The molecule has 0 aliphatic carbocycles. The number of hydrogen-bond acceptors (Lipinski definition) is 4. The molecule has 0 radical (unpaired) electrons. The Morgan fingerprint density at radius 1 is 1.21 bits per heavy atom. The molecular weight excluding hydrogens is 286 g/mol. The highest BCUT2D eigenvalue weighted by Gasteiger charge is 2.17. The zero-order valence-corrected chi connectivity index (χ0v) is 12.0. The predicted molar refractivity (Wildman–Crippen MR) is 77.7 cm³/mol. The van der Waals surface area contributed by atoms with E-state index in [0.717, 1.165) is 18.5 Å². The molecule has 0 bridgehead atoms. The normalized spacial score (nSPS) is 23.8. The maximum atomic E-state index is 11.3. The monoisotopic (exact) mass is 303 g/mol. The van der Waals surface area contributed by atoms with Gasteiger partial charge in [-0.25, -0.2) is 5.14 Å². The Hall–Kier alpha value is -1.12. The van der Waals surface area contributed by atoms with E-state index in [1.54, 1.807) is 18.2 Å². The molecule has 4 N–H and O–H groups in total. The number of anilines is 2. The molecule has 2 rings (SSSR count). The number of nitrogens with one attached hydrogen (secondary N) is 2. The average Bonchev–Trinajstić information content (AvgIpc) is 2.30. The molecule has 106 valence electrons. The van der Waals surface area contributed by atoms with E-state index in [9.17, 15) is 12.6 Å². The Kier molecular flexibility index (Phi) is 4.43. The van der Waals surface area contributed by atoms with Gasteiger partial charge in [-0.15, -0.1) is 0 Å². The van der Waals surface area contributed by atoms with Gasteiger partial charge in [0.05, 0.1) is 5.69 Å². The van der Waals surface area contributed by atoms with E-state index in [1.807, 2.05) is 6.07 Å². The standard InChI is InChI=1S/C11H17N3O3S2/c12-19(16,17)14-11-3-1-2-10(8-11)13-9-4-6-18(15)7-5-9/h1-3,8-9,13-14H,4-7H2,(H2,12,16,17). The van der Waals surface area contributed by atoms with Crippen LogP contribution >= 0.6 is 0 Å². The van der Waals surface area contributed by atoms with Crippen molar-refractivity contribution in [3.8, 4) is 0 Å². The molecule has 8 heteroatoms. The highest BCUT2D eigenvalue weighted by atomic mass is 32.2. The Labute approximate surface area is 115 Å². The molecule has 1 aliphatic heterocycles. The van der Waals surface area contributed by atoms with Crippen molar-refractivity contribution in [3.63, 3.8) is 0 Å². The number of rotatable bonds is 4. The molecule has 0 atom stereocenters. The van der Waals surface area contributed by atoms with Crippen LogP contribution in [0.5, 0.6) is 0 Å². The van der Waals surface area contributed by atoms with Gasteiger partial charge >= 0.3 is 0 Å². The summed E-state index contributed by atoms with van der Waals surface area (Å²) in [7, 11) is -4.44. The number of nitrogens with two attached hydrogens (primary N) is 1. The van der Waals surface area contributed by atoms with E-state index < -0.39 is 21.0 Å². The first-order chi connectivity index (χ1) is 8.92. The van der Waals surface area contributed by atoms with Gasteiger partial charge < -0.3 is 5.32 Å². The first-order valence-corrected chi connectivity index (χ1v) is 8.98. The van der Waals surface area contributed by atoms with Gasteiger partial charge in [0.2, 0.25) is 0 Å². The maximum absolute atomic E-state index is 11.3. The summed E-state index contributed by atoms with van der Waals surface area (Å²) in [4.78, 5) is 0. The topological polar surface area (TPSA) is 101 Å². The third kappa shape index (κ3) is 4.81. The molecule has 1 saturated heterocycles. The summed E-state index contributed by atoms with van der Waals surface area (Å²) in [6.45, 7) is 0. The summed E-state index contributed by atoms with van der Waals surface area (Å²) in [6.07, 6.45) is 1.72. The zero-order valence-electron chi connectivity index (χ0n) is 10.3. The van der Waals surface area contributed by atoms with Gasteiger partial charge in [-0.05, 0) is 31.0 Å². The smallest absolute Gasteiger partial charge is 0.296 e. The van der Waals surface area contributed by atoms with Crippen LogP contribution in [0.3, 0.4) is 0 Å². The van der Waals surface area contributed by atoms with Crippen LogP contribution in [0.25, 0.3) is 0 Å². The van der Waals surface area contributed by atoms with Gasteiger partial charge in [0.15, 0.2) is 0 Å². The summed E-state index contributed by atoms with van der Waals surface area (Å²) >= 11 is 0. The van der Waals surface area contributed by atoms with Gasteiger partial charge in [0.1, 0.15) is 0 Å². The summed E-state index contributed by atoms with van der Waals surface area (Å²) in [5.74, 6) is 1.43. The second-order valence-electron chi connectivity index (χ2n) is 4.49. The largest absolute Gasteiger partial charge is 0.382 e. The second kappa shape index (κ2) is 5.89. The Balaban J connectivity index is 2.01. The summed E-state index contributed by atoms with van der Waals surface area (Å²) < 4.78 is 35.4. The van der Waals surface area contributed by atoms with Gasteiger partial charge in [0.25, 0.3) is 10.2 Å². The number of hydrogen-bond donors (Lipinski definition) is 3. The predicted octanol–water partition coefficient (Wildman–Crippen LogP) is 0.625. The van der Waals surface area contributed by atoms with Gasteiger partial charge in [0, 0.05) is 34.0 Å². The minimum absolute atomic E-state index is 0.280. The van der Waals surface area contributed by atoms with E-state index in [1.165, 1.54) is 0 Å². The summed E-state index contributed by atoms with van der Waals surface area (Å²) in [6, 6.07) is 7.21. The first-order valence-electron chi connectivity index (χ1n) is 5.94. The van der Waals surface area contributed by atoms with E-state index in [2.05, 4.69) is 10.0 Å². The molecule has 1 aromatic rings. The van der Waals surface area contributed by atoms with Crippen molar-refractivity contribution in [3.05, 3.63) is 24.3 Å². The van der Waals surface area contributed by atoms with E-state index >= 15 is 0 Å². The van der Waals surface area contributed by atoms with Crippen LogP contribution in [0.2, 0.25) is 0 Å². The lowest BCUT2D eigenvalue weighted by Crippen LogP contribution is -2.29. The van der Waals surface area contributed by atoms with E-state index in [-0.39, 0.29) is 6.04 Å². The number of benzene rings is 1. The van der Waals surface area contributed by atoms with Gasteiger partial charge in [-0.3, -0.25) is 8.93 Å². The molecule has 19 heavy (non-hydrogen) atoms. The lowest BCUT2D eigenvalue weighted by molar-refractivity contribution is 0.603. The molecule has 1 fully saturated rings. The summed E-state index contributed by atoms with van der Waals surface area (Å²) in [5.41, 5.74) is 1.25. The lowest BCUT2D eigenvalue weighted by atomic mass is 10.1. The van der Waals surface area contributed by atoms with Crippen molar-refractivity contribution >= 4 is 32.4 Å². The molecule has 0 saturated carbocycles. The van der Waals surface area contributed by atoms with Crippen LogP contribution in [0, 0.1) is 0 Å². The molecule has 1 heterocycles. The molecule has 0 spiro atoms. The molecule has 1 aromatic carbocycles. The maximum Gasteiger partial charge on any atom is 0.296 e. The fourth-order valence-corrected chi connectivity index (χ4v) is 3.77. The third-order valence-corrected chi connectivity index (χ3v) is 4.78. The zero-order chi connectivity index (χ0) is 13.9. The third-order valence-electron chi connectivity index (χ3n) is 2.88. The fraction of sp³-hybridized carbons (Fsp3) is 0.455. The van der Waals surface area contributed by atoms with Crippen molar-refractivity contribution < 1.29 is 12.6 Å². The minimum Gasteiger partial charge on any atom is -0.382 e. The van der Waals surface area contributed by atoms with Crippen LogP contribution in [0.4, 0.5) is 11.4 Å². The lowest BCUT2D eigenvalue weighted by Gasteiger charge is -2.23. The van der Waals surface area contributed by atoms with Crippen molar-refractivity contribution in [2.24, 2.45) is 5.14 Å². The van der Waals surface area contributed by atoms with Crippen LogP contribution in [-0.2, 0) is 21.0 Å². The van der Waals surface area contributed by atoms with Gasteiger partial charge in [-0.2, -0.15) is 8.42 Å². The van der Waals surface area contributed by atoms with E-state index in [4.69, 9.17) is 5.14 Å². The Morgan fingerprint density at radius 2 is 1.84 bits per heavy atom. The highest BCUT2D eigenvalue weighted by molar-refractivity contribution is 7.90. The summed E-state index contributed by atoms with van der Waals surface area (Å²) in [5, 5.41) is 8.24. The molecule has 1 aliphatic rings. The second-order valence-corrected chi connectivity index (χ2v) is 7.48. The Morgan fingerprint density at radius 3 is 2.47 bits per heavy atom. The van der Waals surface area contributed by atoms with Crippen molar-refractivity contribution in [2.45, 2.75) is 18.9 Å². The average molecular weight is 303 g/mol. The van der Waals surface area contributed by atoms with Crippen LogP contribution in [-0.4, -0.2) is 30.2 Å².